The Kier molecular flexibility index (Phi) is 3.86. The number of hydrogen-bond donors (Lipinski definition) is 0. The van der Waals surface area contributed by atoms with Crippen molar-refractivity contribution in [2.45, 2.75) is 39.7 Å². The van der Waals surface area contributed by atoms with Crippen LogP contribution in [0, 0.1) is 5.82 Å². The highest BCUT2D eigenvalue weighted by atomic mass is 19.2. The Hall–Kier alpha value is -1.45. The lowest BCUT2D eigenvalue weighted by Crippen LogP contribution is -2.39. The molecule has 0 saturated carbocycles. The fourth-order valence-electron chi connectivity index (χ4n) is 1.47. The molecule has 1 aromatic carbocycles. The second-order valence-corrected chi connectivity index (χ2v) is 4.91. The van der Waals surface area contributed by atoms with Crippen LogP contribution in [0.25, 0.3) is 0 Å². The van der Waals surface area contributed by atoms with Crippen LogP contribution in [0.4, 0.5) is 8.87 Å². The number of aryl methyl sites for hydroxylation is 1. The summed E-state index contributed by atoms with van der Waals surface area (Å²) in [5.74, 6) is -1.14. The van der Waals surface area contributed by atoms with Crippen molar-refractivity contribution >= 4 is 5.91 Å². The molecule has 0 heterocycles. The molecule has 94 valence electrons. The van der Waals surface area contributed by atoms with Crippen LogP contribution in [0.1, 0.15) is 43.6 Å². The maximum atomic E-state index is 13.8. The molecule has 1 amide bonds. The highest BCUT2D eigenvalue weighted by molar-refractivity contribution is 5.95. The molecule has 0 saturated heterocycles. The first-order valence-corrected chi connectivity index (χ1v) is 5.56. The SMILES string of the molecule is CCc1cc(F)ccc1C(=O)N(F)C(C)(C)C. The number of carbonyl (C=O) groups is 1. The number of hydrogen-bond acceptors (Lipinski definition) is 1. The van der Waals surface area contributed by atoms with Crippen molar-refractivity contribution in [1.29, 1.82) is 0 Å². The van der Waals surface area contributed by atoms with Gasteiger partial charge in [0, 0.05) is 5.56 Å². The predicted molar refractivity (Wildman–Crippen MR) is 62.8 cm³/mol. The molecule has 0 atom stereocenters. The molecule has 1 rings (SSSR count). The minimum atomic E-state index is -0.906. The zero-order valence-electron chi connectivity index (χ0n) is 10.6. The van der Waals surface area contributed by atoms with Gasteiger partial charge in [0.25, 0.3) is 5.91 Å². The second kappa shape index (κ2) is 4.82. The molecule has 0 aromatic heterocycles. The zero-order valence-corrected chi connectivity index (χ0v) is 10.6. The second-order valence-electron chi connectivity index (χ2n) is 4.91. The first-order chi connectivity index (χ1) is 7.77. The Morgan fingerprint density at radius 3 is 2.41 bits per heavy atom. The molecule has 0 N–H and O–H groups in total. The molecule has 0 unspecified atom stereocenters. The van der Waals surface area contributed by atoms with Crippen LogP contribution in [-0.4, -0.2) is 16.6 Å². The van der Waals surface area contributed by atoms with Gasteiger partial charge in [-0.25, -0.2) is 4.39 Å². The lowest BCUT2D eigenvalue weighted by Gasteiger charge is -2.27. The van der Waals surface area contributed by atoms with Gasteiger partial charge in [-0.05, 0) is 51.0 Å². The van der Waals surface area contributed by atoms with E-state index in [4.69, 9.17) is 0 Å². The number of benzene rings is 1. The van der Waals surface area contributed by atoms with Gasteiger partial charge >= 0.3 is 0 Å². The minimum Gasteiger partial charge on any atom is -0.266 e. The van der Waals surface area contributed by atoms with E-state index in [2.05, 4.69) is 0 Å². The predicted octanol–water partition coefficient (Wildman–Crippen LogP) is 3.51. The number of rotatable bonds is 2. The van der Waals surface area contributed by atoms with E-state index in [0.717, 1.165) is 0 Å². The molecule has 0 spiro atoms. The van der Waals surface area contributed by atoms with E-state index >= 15 is 0 Å². The van der Waals surface area contributed by atoms with Gasteiger partial charge in [0.05, 0.1) is 5.54 Å². The lowest BCUT2D eigenvalue weighted by molar-refractivity contribution is -0.0322. The first kappa shape index (κ1) is 13.6. The molecule has 0 aliphatic heterocycles. The van der Waals surface area contributed by atoms with Crippen molar-refractivity contribution in [3.63, 3.8) is 0 Å². The van der Waals surface area contributed by atoms with Crippen LogP contribution in [0.15, 0.2) is 18.2 Å². The summed E-state index contributed by atoms with van der Waals surface area (Å²) in [5, 5.41) is 0.180. The van der Waals surface area contributed by atoms with E-state index in [-0.39, 0.29) is 10.7 Å². The van der Waals surface area contributed by atoms with E-state index in [9.17, 15) is 13.7 Å². The van der Waals surface area contributed by atoms with Crippen molar-refractivity contribution in [2.75, 3.05) is 0 Å². The van der Waals surface area contributed by atoms with Crippen LogP contribution in [0.2, 0.25) is 0 Å². The quantitative estimate of drug-likeness (QED) is 0.725. The van der Waals surface area contributed by atoms with Crippen LogP contribution in [0.5, 0.6) is 0 Å². The third kappa shape index (κ3) is 3.02. The van der Waals surface area contributed by atoms with Gasteiger partial charge in [0.15, 0.2) is 0 Å². The van der Waals surface area contributed by atoms with Crippen molar-refractivity contribution in [2.24, 2.45) is 0 Å². The van der Waals surface area contributed by atoms with Gasteiger partial charge in [-0.2, -0.15) is 5.12 Å². The Labute approximate surface area is 100 Å². The smallest absolute Gasteiger partial charge is 0.266 e. The summed E-state index contributed by atoms with van der Waals surface area (Å²) < 4.78 is 26.8. The third-order valence-electron chi connectivity index (χ3n) is 2.45. The van der Waals surface area contributed by atoms with Gasteiger partial charge in [-0.1, -0.05) is 11.4 Å². The maximum absolute atomic E-state index is 13.8. The average molecular weight is 241 g/mol. The molecule has 0 aliphatic carbocycles. The van der Waals surface area contributed by atoms with Crippen LogP contribution < -0.4 is 0 Å². The third-order valence-corrected chi connectivity index (χ3v) is 2.45. The Morgan fingerprint density at radius 2 is 1.94 bits per heavy atom. The van der Waals surface area contributed by atoms with Gasteiger partial charge in [-0.15, -0.1) is 0 Å². The summed E-state index contributed by atoms with van der Waals surface area (Å²) in [7, 11) is 0. The van der Waals surface area contributed by atoms with Crippen molar-refractivity contribution in [3.05, 3.63) is 35.1 Å². The normalized spacial score (nSPS) is 11.4. The maximum Gasteiger partial charge on any atom is 0.282 e. The Morgan fingerprint density at radius 1 is 1.35 bits per heavy atom. The van der Waals surface area contributed by atoms with Crippen molar-refractivity contribution in [3.8, 4) is 0 Å². The first-order valence-electron chi connectivity index (χ1n) is 5.56. The van der Waals surface area contributed by atoms with Gasteiger partial charge in [-0.3, -0.25) is 4.79 Å². The van der Waals surface area contributed by atoms with E-state index in [1.165, 1.54) is 18.2 Å². The molecular weight excluding hydrogens is 224 g/mol. The van der Waals surface area contributed by atoms with Gasteiger partial charge < -0.3 is 0 Å². The molecule has 0 fully saturated rings. The average Bonchev–Trinajstić information content (AvgIpc) is 2.25. The number of carbonyl (C=O) groups excluding carboxylic acids is 1. The van der Waals surface area contributed by atoms with Crippen LogP contribution in [-0.2, 0) is 6.42 Å². The standard InChI is InChI=1S/C13H17F2NO/c1-5-9-8-10(14)6-7-11(9)12(17)16(15)13(2,3)4/h6-8H,5H2,1-4H3. The minimum absolute atomic E-state index is 0.180. The number of halogens is 2. The molecular formula is C13H17F2NO. The Balaban J connectivity index is 3.13. The fourth-order valence-corrected chi connectivity index (χ4v) is 1.47. The summed E-state index contributed by atoms with van der Waals surface area (Å²) in [5.41, 5.74) is -0.176. The van der Waals surface area contributed by atoms with E-state index in [0.29, 0.717) is 12.0 Å². The molecule has 4 heteroatoms. The monoisotopic (exact) mass is 241 g/mol. The molecule has 0 aliphatic rings. The number of nitrogens with zero attached hydrogens (tertiary/aromatic N) is 1. The van der Waals surface area contributed by atoms with E-state index < -0.39 is 17.3 Å². The highest BCUT2D eigenvalue weighted by Crippen LogP contribution is 2.21. The van der Waals surface area contributed by atoms with Crippen molar-refractivity contribution < 1.29 is 13.7 Å². The van der Waals surface area contributed by atoms with Crippen LogP contribution >= 0.6 is 0 Å². The van der Waals surface area contributed by atoms with Crippen LogP contribution in [0.3, 0.4) is 0 Å². The topological polar surface area (TPSA) is 20.3 Å². The molecule has 2 nitrogen and oxygen atoms in total. The summed E-state index contributed by atoms with van der Waals surface area (Å²) in [6, 6.07) is 3.77. The van der Waals surface area contributed by atoms with Crippen molar-refractivity contribution in [1.82, 2.24) is 5.12 Å². The molecule has 0 bridgehead atoms. The largest absolute Gasteiger partial charge is 0.282 e. The molecule has 0 radical (unpaired) electrons. The summed E-state index contributed by atoms with van der Waals surface area (Å²) in [4.78, 5) is 11.9. The zero-order chi connectivity index (χ0) is 13.2. The lowest BCUT2D eigenvalue weighted by atomic mass is 10.0. The summed E-state index contributed by atoms with van der Waals surface area (Å²) in [6.07, 6.45) is 0.483. The molecule has 1 aromatic rings. The van der Waals surface area contributed by atoms with Gasteiger partial charge in [0.2, 0.25) is 0 Å². The highest BCUT2D eigenvalue weighted by Gasteiger charge is 2.28. The summed E-state index contributed by atoms with van der Waals surface area (Å²) >= 11 is 0. The number of amides is 1. The van der Waals surface area contributed by atoms with E-state index in [1.54, 1.807) is 27.7 Å². The van der Waals surface area contributed by atoms with E-state index in [1.807, 2.05) is 0 Å². The molecule has 17 heavy (non-hydrogen) atoms. The summed E-state index contributed by atoms with van der Waals surface area (Å²) in [6.45, 7) is 6.59. The Bertz CT molecular complexity index is 424. The fraction of sp³-hybridized carbons (Fsp3) is 0.462. The van der Waals surface area contributed by atoms with Gasteiger partial charge in [0.1, 0.15) is 5.82 Å².